The van der Waals surface area contributed by atoms with Crippen molar-refractivity contribution >= 4 is 6.09 Å². The fourth-order valence-electron chi connectivity index (χ4n) is 2.76. The van der Waals surface area contributed by atoms with E-state index in [1.54, 1.807) is 0 Å². The van der Waals surface area contributed by atoms with E-state index in [9.17, 15) is 4.79 Å². The minimum atomic E-state index is -0.450. The van der Waals surface area contributed by atoms with Crippen LogP contribution in [0.1, 0.15) is 44.4 Å². The number of hydrogen-bond donors (Lipinski definition) is 2. The van der Waals surface area contributed by atoms with Crippen molar-refractivity contribution in [2.45, 2.75) is 45.8 Å². The molecule has 4 heteroatoms. The first kappa shape index (κ1) is 15.8. The van der Waals surface area contributed by atoms with E-state index in [2.05, 4.69) is 41.8 Å². The van der Waals surface area contributed by atoms with Crippen LogP contribution in [0, 0.1) is 12.8 Å². The third-order valence-electron chi connectivity index (χ3n) is 3.66. The van der Waals surface area contributed by atoms with Gasteiger partial charge in [-0.3, -0.25) is 0 Å². The van der Waals surface area contributed by atoms with E-state index < -0.39 is 5.60 Å². The van der Waals surface area contributed by atoms with Gasteiger partial charge in [0, 0.05) is 12.6 Å². The van der Waals surface area contributed by atoms with Crippen LogP contribution in [0.15, 0.2) is 24.3 Å². The second-order valence-corrected chi connectivity index (χ2v) is 6.78. The molecule has 116 valence electrons. The van der Waals surface area contributed by atoms with Gasteiger partial charge in [-0.05, 0) is 52.1 Å². The maximum absolute atomic E-state index is 11.8. The molecule has 1 fully saturated rings. The van der Waals surface area contributed by atoms with Gasteiger partial charge in [0.2, 0.25) is 0 Å². The number of carbonyl (C=O) groups is 1. The van der Waals surface area contributed by atoms with E-state index in [1.807, 2.05) is 20.8 Å². The molecule has 2 N–H and O–H groups in total. The fourth-order valence-corrected chi connectivity index (χ4v) is 2.76. The van der Waals surface area contributed by atoms with Crippen molar-refractivity contribution in [2.24, 2.45) is 5.92 Å². The third kappa shape index (κ3) is 4.74. The van der Waals surface area contributed by atoms with Crippen LogP contribution in [0.3, 0.4) is 0 Å². The summed E-state index contributed by atoms with van der Waals surface area (Å²) in [5.41, 5.74) is 2.11. The largest absolute Gasteiger partial charge is 0.444 e. The average Bonchev–Trinajstić information content (AvgIpc) is 2.82. The Kier molecular flexibility index (Phi) is 4.88. The number of rotatable bonds is 3. The highest BCUT2D eigenvalue weighted by molar-refractivity contribution is 5.67. The Morgan fingerprint density at radius 1 is 1.43 bits per heavy atom. The molecule has 1 saturated heterocycles. The van der Waals surface area contributed by atoms with Crippen molar-refractivity contribution in [1.29, 1.82) is 0 Å². The number of ether oxygens (including phenoxy) is 1. The number of aryl methyl sites for hydroxylation is 1. The SMILES string of the molecule is Cc1cccc(C2NCCC2CNC(=O)OC(C)(C)C)c1. The molecule has 1 aliphatic rings. The predicted octanol–water partition coefficient (Wildman–Crippen LogP) is 3.17. The first-order valence-corrected chi connectivity index (χ1v) is 7.62. The lowest BCUT2D eigenvalue weighted by atomic mass is 9.93. The molecule has 1 aromatic rings. The van der Waals surface area contributed by atoms with E-state index in [1.165, 1.54) is 11.1 Å². The zero-order valence-corrected chi connectivity index (χ0v) is 13.4. The van der Waals surface area contributed by atoms with Crippen molar-refractivity contribution in [3.05, 3.63) is 35.4 Å². The van der Waals surface area contributed by atoms with Gasteiger partial charge in [0.05, 0.1) is 0 Å². The van der Waals surface area contributed by atoms with Crippen LogP contribution < -0.4 is 10.6 Å². The molecule has 4 nitrogen and oxygen atoms in total. The van der Waals surface area contributed by atoms with Crippen molar-refractivity contribution in [2.75, 3.05) is 13.1 Å². The van der Waals surface area contributed by atoms with Gasteiger partial charge in [0.1, 0.15) is 5.60 Å². The third-order valence-corrected chi connectivity index (χ3v) is 3.66. The minimum Gasteiger partial charge on any atom is -0.444 e. The van der Waals surface area contributed by atoms with Gasteiger partial charge >= 0.3 is 6.09 Å². The van der Waals surface area contributed by atoms with Crippen LogP contribution in [0.25, 0.3) is 0 Å². The average molecular weight is 290 g/mol. The van der Waals surface area contributed by atoms with Gasteiger partial charge < -0.3 is 15.4 Å². The molecule has 21 heavy (non-hydrogen) atoms. The molecule has 0 spiro atoms. The van der Waals surface area contributed by atoms with E-state index in [-0.39, 0.29) is 6.09 Å². The van der Waals surface area contributed by atoms with Crippen LogP contribution in [-0.4, -0.2) is 24.8 Å². The van der Waals surface area contributed by atoms with Crippen LogP contribution in [-0.2, 0) is 4.74 Å². The van der Waals surface area contributed by atoms with Crippen LogP contribution in [0.2, 0.25) is 0 Å². The Bertz CT molecular complexity index is 494. The van der Waals surface area contributed by atoms with E-state index >= 15 is 0 Å². The molecule has 1 aliphatic heterocycles. The molecular formula is C17H26N2O2. The molecule has 2 rings (SSSR count). The smallest absolute Gasteiger partial charge is 0.407 e. The normalized spacial score (nSPS) is 22.1. The van der Waals surface area contributed by atoms with Crippen molar-refractivity contribution in [3.63, 3.8) is 0 Å². The molecule has 2 unspecified atom stereocenters. The lowest BCUT2D eigenvalue weighted by molar-refractivity contribution is 0.0518. The molecule has 0 aromatic heterocycles. The van der Waals surface area contributed by atoms with Gasteiger partial charge in [0.15, 0.2) is 0 Å². The van der Waals surface area contributed by atoms with Gasteiger partial charge in [-0.2, -0.15) is 0 Å². The molecule has 0 radical (unpaired) electrons. The zero-order chi connectivity index (χ0) is 15.5. The molecule has 2 atom stereocenters. The maximum Gasteiger partial charge on any atom is 0.407 e. The fraction of sp³-hybridized carbons (Fsp3) is 0.588. The highest BCUT2D eigenvalue weighted by Gasteiger charge is 2.29. The quantitative estimate of drug-likeness (QED) is 0.899. The second kappa shape index (κ2) is 6.48. The molecule has 0 bridgehead atoms. The zero-order valence-electron chi connectivity index (χ0n) is 13.4. The first-order valence-electron chi connectivity index (χ1n) is 7.62. The molecular weight excluding hydrogens is 264 g/mol. The van der Waals surface area contributed by atoms with Gasteiger partial charge in [-0.25, -0.2) is 4.79 Å². The summed E-state index contributed by atoms with van der Waals surface area (Å²) in [6.45, 7) is 9.35. The summed E-state index contributed by atoms with van der Waals surface area (Å²) in [5, 5.41) is 6.42. The van der Waals surface area contributed by atoms with E-state index in [4.69, 9.17) is 4.74 Å². The summed E-state index contributed by atoms with van der Waals surface area (Å²) in [6, 6.07) is 8.86. The Morgan fingerprint density at radius 2 is 2.19 bits per heavy atom. The minimum absolute atomic E-state index is 0.305. The summed E-state index contributed by atoms with van der Waals surface area (Å²) in [5.74, 6) is 0.402. The van der Waals surface area contributed by atoms with Crippen LogP contribution in [0.4, 0.5) is 4.79 Å². The number of amides is 1. The van der Waals surface area contributed by atoms with Crippen molar-refractivity contribution in [1.82, 2.24) is 10.6 Å². The first-order chi connectivity index (χ1) is 9.85. The van der Waals surface area contributed by atoms with Crippen molar-refractivity contribution in [3.8, 4) is 0 Å². The molecule has 0 aliphatic carbocycles. The summed E-state index contributed by atoms with van der Waals surface area (Å²) in [6.07, 6.45) is 0.728. The Labute approximate surface area is 127 Å². The highest BCUT2D eigenvalue weighted by atomic mass is 16.6. The van der Waals surface area contributed by atoms with Crippen molar-refractivity contribution < 1.29 is 9.53 Å². The van der Waals surface area contributed by atoms with Crippen LogP contribution >= 0.6 is 0 Å². The summed E-state index contributed by atoms with van der Waals surface area (Å²) < 4.78 is 5.29. The maximum atomic E-state index is 11.8. The lowest BCUT2D eigenvalue weighted by Gasteiger charge is -2.23. The number of benzene rings is 1. The molecule has 0 saturated carbocycles. The second-order valence-electron chi connectivity index (χ2n) is 6.78. The Balaban J connectivity index is 1.92. The number of alkyl carbamates (subject to hydrolysis) is 1. The van der Waals surface area contributed by atoms with E-state index in [0.29, 0.717) is 18.5 Å². The molecule has 1 amide bonds. The summed E-state index contributed by atoms with van der Waals surface area (Å²) in [7, 11) is 0. The van der Waals surface area contributed by atoms with E-state index in [0.717, 1.165) is 13.0 Å². The number of carbonyl (C=O) groups excluding carboxylic acids is 1. The standard InChI is InChI=1S/C17H26N2O2/c1-12-6-5-7-13(10-12)15-14(8-9-18-15)11-19-16(20)21-17(2,3)4/h5-7,10,14-15,18H,8-9,11H2,1-4H3,(H,19,20). The topological polar surface area (TPSA) is 50.4 Å². The molecule has 1 aromatic carbocycles. The molecule has 1 heterocycles. The Morgan fingerprint density at radius 3 is 2.86 bits per heavy atom. The summed E-state index contributed by atoms with van der Waals surface area (Å²) >= 11 is 0. The summed E-state index contributed by atoms with van der Waals surface area (Å²) in [4.78, 5) is 11.8. The predicted molar refractivity (Wildman–Crippen MR) is 84.3 cm³/mol. The Hall–Kier alpha value is -1.55. The number of hydrogen-bond acceptors (Lipinski definition) is 3. The van der Waals surface area contributed by atoms with Crippen LogP contribution in [0.5, 0.6) is 0 Å². The van der Waals surface area contributed by atoms with Gasteiger partial charge in [0.25, 0.3) is 0 Å². The van der Waals surface area contributed by atoms with Gasteiger partial charge in [-0.15, -0.1) is 0 Å². The highest BCUT2D eigenvalue weighted by Crippen LogP contribution is 2.29. The van der Waals surface area contributed by atoms with Gasteiger partial charge in [-0.1, -0.05) is 29.8 Å². The lowest BCUT2D eigenvalue weighted by Crippen LogP contribution is -2.36. The monoisotopic (exact) mass is 290 g/mol. The number of nitrogens with one attached hydrogen (secondary N) is 2.